The maximum Gasteiger partial charge on any atom is 0.356 e. The van der Waals surface area contributed by atoms with Crippen LogP contribution in [0.1, 0.15) is 29.0 Å². The molecule has 0 amide bonds. The van der Waals surface area contributed by atoms with Crippen LogP contribution in [0.5, 0.6) is 0 Å². The van der Waals surface area contributed by atoms with Crippen molar-refractivity contribution in [2.75, 3.05) is 0 Å². The van der Waals surface area contributed by atoms with Gasteiger partial charge < -0.3 is 5.11 Å². The molecule has 1 heterocycles. The van der Waals surface area contributed by atoms with E-state index in [1.165, 1.54) is 5.51 Å². The van der Waals surface area contributed by atoms with Gasteiger partial charge in [-0.05, 0) is 24.6 Å². The Hall–Kier alpha value is -1.48. The van der Waals surface area contributed by atoms with Crippen LogP contribution < -0.4 is 4.72 Å². The van der Waals surface area contributed by atoms with Crippen molar-refractivity contribution in [3.63, 3.8) is 0 Å². The van der Waals surface area contributed by atoms with Crippen LogP contribution in [0.25, 0.3) is 0 Å². The van der Waals surface area contributed by atoms with Gasteiger partial charge in [-0.15, -0.1) is 11.3 Å². The van der Waals surface area contributed by atoms with E-state index in [2.05, 4.69) is 9.71 Å². The molecule has 1 aromatic carbocycles. The molecule has 1 aromatic heterocycles. The Labute approximate surface area is 130 Å². The second-order valence-corrected chi connectivity index (χ2v) is 7.39. The summed E-state index contributed by atoms with van der Waals surface area (Å²) < 4.78 is 26.6. The highest BCUT2D eigenvalue weighted by Crippen LogP contribution is 2.23. The third-order valence-electron chi connectivity index (χ3n) is 2.68. The lowest BCUT2D eigenvalue weighted by Crippen LogP contribution is -2.27. The monoisotopic (exact) mass is 346 g/mol. The summed E-state index contributed by atoms with van der Waals surface area (Å²) in [5, 5.41) is 9.48. The van der Waals surface area contributed by atoms with Crippen LogP contribution in [0.3, 0.4) is 0 Å². The fraction of sp³-hybridized carbons (Fsp3) is 0.167. The van der Waals surface area contributed by atoms with Crippen molar-refractivity contribution >= 4 is 38.9 Å². The summed E-state index contributed by atoms with van der Waals surface area (Å²) in [7, 11) is -3.96. The number of carboxylic acid groups (broad SMARTS) is 1. The first-order chi connectivity index (χ1) is 9.81. The average molecular weight is 347 g/mol. The zero-order chi connectivity index (χ0) is 15.6. The van der Waals surface area contributed by atoms with Crippen molar-refractivity contribution in [3.05, 3.63) is 46.1 Å². The summed E-state index contributed by atoms with van der Waals surface area (Å²) in [6.45, 7) is 1.66. The van der Waals surface area contributed by atoms with Crippen LogP contribution >= 0.6 is 22.9 Å². The molecule has 0 unspecified atom stereocenters. The molecule has 0 fully saturated rings. The van der Waals surface area contributed by atoms with Crippen molar-refractivity contribution in [2.45, 2.75) is 17.2 Å². The zero-order valence-electron chi connectivity index (χ0n) is 10.8. The summed E-state index contributed by atoms with van der Waals surface area (Å²) in [5.74, 6) is -1.38. The number of nitrogens with zero attached hydrogens (tertiary/aromatic N) is 1. The van der Waals surface area contributed by atoms with Gasteiger partial charge >= 0.3 is 5.97 Å². The molecule has 0 bridgehead atoms. The van der Waals surface area contributed by atoms with Gasteiger partial charge in [-0.25, -0.2) is 22.9 Å². The molecule has 112 valence electrons. The van der Waals surface area contributed by atoms with Gasteiger partial charge in [0.2, 0.25) is 0 Å². The standard InChI is InChI=1S/C12H11ClN2O4S2/c1-7(8-2-4-9(13)5-3-8)15-21(18,19)12-10(11(16)17)14-6-20-12/h2-7,15H,1H3,(H,16,17)/t7-/m1/s1. The molecule has 21 heavy (non-hydrogen) atoms. The summed E-state index contributed by atoms with van der Waals surface area (Å²) >= 11 is 6.54. The molecule has 9 heteroatoms. The van der Waals surface area contributed by atoms with E-state index in [4.69, 9.17) is 16.7 Å². The van der Waals surface area contributed by atoms with Crippen molar-refractivity contribution in [3.8, 4) is 0 Å². The lowest BCUT2D eigenvalue weighted by Gasteiger charge is -2.14. The van der Waals surface area contributed by atoms with E-state index < -0.39 is 27.7 Å². The second kappa shape index (κ2) is 6.10. The fourth-order valence-corrected chi connectivity index (χ4v) is 4.19. The number of hydrogen-bond acceptors (Lipinski definition) is 5. The predicted octanol–water partition coefficient (Wildman–Crippen LogP) is 2.53. The Kier molecular flexibility index (Phi) is 4.62. The number of carbonyl (C=O) groups is 1. The van der Waals surface area contributed by atoms with Crippen LogP contribution in [-0.4, -0.2) is 24.5 Å². The molecule has 0 radical (unpaired) electrons. The Morgan fingerprint density at radius 1 is 1.38 bits per heavy atom. The first-order valence-corrected chi connectivity index (χ1v) is 8.50. The highest BCUT2D eigenvalue weighted by molar-refractivity contribution is 7.91. The van der Waals surface area contributed by atoms with Gasteiger partial charge in [0.1, 0.15) is 0 Å². The summed E-state index contributed by atoms with van der Waals surface area (Å²) in [6.07, 6.45) is 0. The highest BCUT2D eigenvalue weighted by Gasteiger charge is 2.27. The second-order valence-electron chi connectivity index (χ2n) is 4.19. The van der Waals surface area contributed by atoms with E-state index in [1.807, 2.05) is 0 Å². The molecule has 0 aliphatic heterocycles. The topological polar surface area (TPSA) is 96.4 Å². The molecule has 0 saturated carbocycles. The van der Waals surface area contributed by atoms with E-state index in [0.29, 0.717) is 10.6 Å². The van der Waals surface area contributed by atoms with Crippen LogP contribution in [0.4, 0.5) is 0 Å². The summed E-state index contributed by atoms with van der Waals surface area (Å²) in [5.41, 5.74) is 1.42. The quantitative estimate of drug-likeness (QED) is 0.867. The number of rotatable bonds is 5. The van der Waals surface area contributed by atoms with Gasteiger partial charge in [0.15, 0.2) is 9.90 Å². The number of aromatic carboxylic acids is 1. The normalized spacial score (nSPS) is 13.0. The molecule has 2 aromatic rings. The minimum atomic E-state index is -3.96. The molecule has 6 nitrogen and oxygen atoms in total. The van der Waals surface area contributed by atoms with Crippen LogP contribution in [-0.2, 0) is 10.0 Å². The predicted molar refractivity (Wildman–Crippen MR) is 79.3 cm³/mol. The number of carboxylic acids is 1. The first kappa shape index (κ1) is 15.9. The summed E-state index contributed by atoms with van der Waals surface area (Å²) in [6, 6.07) is 6.16. The van der Waals surface area contributed by atoms with Crippen molar-refractivity contribution in [1.82, 2.24) is 9.71 Å². The third kappa shape index (κ3) is 3.59. The summed E-state index contributed by atoms with van der Waals surface area (Å²) in [4.78, 5) is 14.5. The number of nitrogens with one attached hydrogen (secondary N) is 1. The number of hydrogen-bond donors (Lipinski definition) is 2. The SMILES string of the molecule is C[C@@H](NS(=O)(=O)c1scnc1C(=O)O)c1ccc(Cl)cc1. The van der Waals surface area contributed by atoms with Crippen molar-refractivity contribution < 1.29 is 18.3 Å². The van der Waals surface area contributed by atoms with Gasteiger partial charge in [0, 0.05) is 11.1 Å². The minimum Gasteiger partial charge on any atom is -0.476 e. The molecule has 0 aliphatic rings. The van der Waals surface area contributed by atoms with Gasteiger partial charge in [-0.3, -0.25) is 0 Å². The zero-order valence-corrected chi connectivity index (χ0v) is 13.2. The Morgan fingerprint density at radius 3 is 2.57 bits per heavy atom. The average Bonchev–Trinajstić information content (AvgIpc) is 2.89. The molecule has 2 rings (SSSR count). The van der Waals surface area contributed by atoms with E-state index in [-0.39, 0.29) is 4.21 Å². The van der Waals surface area contributed by atoms with Gasteiger partial charge in [-0.1, -0.05) is 23.7 Å². The number of sulfonamides is 1. The molecular formula is C12H11ClN2O4S2. The van der Waals surface area contributed by atoms with Gasteiger partial charge in [0.05, 0.1) is 5.51 Å². The molecule has 0 spiro atoms. The fourth-order valence-electron chi connectivity index (χ4n) is 1.67. The van der Waals surface area contributed by atoms with Crippen molar-refractivity contribution in [2.24, 2.45) is 0 Å². The molecule has 0 aliphatic carbocycles. The smallest absolute Gasteiger partial charge is 0.356 e. The Morgan fingerprint density at radius 2 is 2.00 bits per heavy atom. The lowest BCUT2D eigenvalue weighted by atomic mass is 10.1. The van der Waals surface area contributed by atoms with Crippen molar-refractivity contribution in [1.29, 1.82) is 0 Å². The minimum absolute atomic E-state index is 0.309. The first-order valence-electron chi connectivity index (χ1n) is 5.76. The Balaban J connectivity index is 2.27. The van der Waals surface area contributed by atoms with Gasteiger partial charge in [-0.2, -0.15) is 0 Å². The van der Waals surface area contributed by atoms with Crippen LogP contribution in [0, 0.1) is 0 Å². The van der Waals surface area contributed by atoms with E-state index in [1.54, 1.807) is 31.2 Å². The number of halogens is 1. The van der Waals surface area contributed by atoms with Crippen LogP contribution in [0.2, 0.25) is 5.02 Å². The third-order valence-corrected chi connectivity index (χ3v) is 5.85. The molecular weight excluding hydrogens is 336 g/mol. The maximum atomic E-state index is 12.2. The van der Waals surface area contributed by atoms with Gasteiger partial charge in [0.25, 0.3) is 10.0 Å². The maximum absolute atomic E-state index is 12.2. The molecule has 2 N–H and O–H groups in total. The largest absolute Gasteiger partial charge is 0.476 e. The lowest BCUT2D eigenvalue weighted by molar-refractivity contribution is 0.0687. The number of benzene rings is 1. The highest BCUT2D eigenvalue weighted by atomic mass is 35.5. The molecule has 0 saturated heterocycles. The number of aromatic nitrogens is 1. The van der Waals surface area contributed by atoms with Crippen LogP contribution in [0.15, 0.2) is 34.0 Å². The van der Waals surface area contributed by atoms with E-state index >= 15 is 0 Å². The van der Waals surface area contributed by atoms with E-state index in [0.717, 1.165) is 11.3 Å². The number of thiazole rings is 1. The van der Waals surface area contributed by atoms with E-state index in [9.17, 15) is 13.2 Å². The Bertz CT molecular complexity index is 756. The molecule has 1 atom stereocenters.